The van der Waals surface area contributed by atoms with Crippen molar-refractivity contribution in [3.05, 3.63) is 38.4 Å². The maximum Gasteiger partial charge on any atom is 0.303 e. The summed E-state index contributed by atoms with van der Waals surface area (Å²) in [6.07, 6.45) is 1.41. The predicted octanol–water partition coefficient (Wildman–Crippen LogP) is 2.85. The van der Waals surface area contributed by atoms with E-state index in [0.717, 1.165) is 5.56 Å². The molecule has 2 rings (SSSR count). The number of carbonyl (C=O) groups excluding carboxylic acids is 1. The molecule has 1 heterocycles. The van der Waals surface area contributed by atoms with Crippen molar-refractivity contribution in [1.29, 1.82) is 0 Å². The van der Waals surface area contributed by atoms with Crippen LogP contribution in [0.2, 0.25) is 0 Å². The summed E-state index contributed by atoms with van der Waals surface area (Å²) in [5, 5.41) is 20.1. The standard InChI is InChI=1S/C17H22N2O5/c1-10-8-11(2)16(19(23)24)12(3)15(10)17(22)18-6-4-13(5-7-18)9-14(20)21/h8,13H,4-7,9H2,1-3H3,(H,20,21). The van der Waals surface area contributed by atoms with Crippen molar-refractivity contribution in [3.8, 4) is 0 Å². The molecule has 0 radical (unpaired) electrons. The van der Waals surface area contributed by atoms with Crippen LogP contribution in [0, 0.1) is 36.8 Å². The highest BCUT2D eigenvalue weighted by molar-refractivity contribution is 5.98. The minimum Gasteiger partial charge on any atom is -0.481 e. The monoisotopic (exact) mass is 334 g/mol. The molecule has 0 aromatic heterocycles. The van der Waals surface area contributed by atoms with E-state index in [4.69, 9.17) is 5.11 Å². The van der Waals surface area contributed by atoms with Crippen molar-refractivity contribution in [2.45, 2.75) is 40.0 Å². The molecule has 1 fully saturated rings. The summed E-state index contributed by atoms with van der Waals surface area (Å²) in [5.41, 5.74) is 2.06. The summed E-state index contributed by atoms with van der Waals surface area (Å²) >= 11 is 0. The molecule has 7 nitrogen and oxygen atoms in total. The van der Waals surface area contributed by atoms with Crippen LogP contribution < -0.4 is 0 Å². The van der Waals surface area contributed by atoms with Gasteiger partial charge in [-0.15, -0.1) is 0 Å². The Kier molecular flexibility index (Phi) is 5.21. The highest BCUT2D eigenvalue weighted by atomic mass is 16.6. The minimum atomic E-state index is -0.819. The molecular formula is C17H22N2O5. The van der Waals surface area contributed by atoms with Gasteiger partial charge in [0.05, 0.1) is 10.5 Å². The topological polar surface area (TPSA) is 101 Å². The van der Waals surface area contributed by atoms with Gasteiger partial charge in [-0.25, -0.2) is 0 Å². The van der Waals surface area contributed by atoms with Crippen molar-refractivity contribution in [2.24, 2.45) is 5.92 Å². The molecule has 24 heavy (non-hydrogen) atoms. The van der Waals surface area contributed by atoms with E-state index in [1.807, 2.05) is 0 Å². The van der Waals surface area contributed by atoms with Crippen LogP contribution >= 0.6 is 0 Å². The van der Waals surface area contributed by atoms with Crippen molar-refractivity contribution in [2.75, 3.05) is 13.1 Å². The smallest absolute Gasteiger partial charge is 0.303 e. The van der Waals surface area contributed by atoms with Gasteiger partial charge in [0.25, 0.3) is 11.6 Å². The lowest BCUT2D eigenvalue weighted by molar-refractivity contribution is -0.386. The highest BCUT2D eigenvalue weighted by Gasteiger charge is 2.29. The number of aryl methyl sites for hydroxylation is 2. The third-order valence-corrected chi connectivity index (χ3v) is 4.69. The third kappa shape index (κ3) is 3.55. The fourth-order valence-electron chi connectivity index (χ4n) is 3.53. The van der Waals surface area contributed by atoms with Gasteiger partial charge in [-0.3, -0.25) is 19.7 Å². The van der Waals surface area contributed by atoms with Gasteiger partial charge < -0.3 is 10.0 Å². The van der Waals surface area contributed by atoms with Crippen LogP contribution in [0.15, 0.2) is 6.07 Å². The molecule has 7 heteroatoms. The van der Waals surface area contributed by atoms with E-state index in [2.05, 4.69) is 0 Å². The molecule has 130 valence electrons. The fraction of sp³-hybridized carbons (Fsp3) is 0.529. The third-order valence-electron chi connectivity index (χ3n) is 4.69. The summed E-state index contributed by atoms with van der Waals surface area (Å²) in [6, 6.07) is 1.68. The molecular weight excluding hydrogens is 312 g/mol. The molecule has 1 aromatic rings. The van der Waals surface area contributed by atoms with Gasteiger partial charge in [-0.1, -0.05) is 0 Å². The molecule has 1 N–H and O–H groups in total. The Morgan fingerprint density at radius 3 is 2.33 bits per heavy atom. The number of carboxylic acid groups (broad SMARTS) is 1. The number of carboxylic acids is 1. The Morgan fingerprint density at radius 1 is 1.25 bits per heavy atom. The van der Waals surface area contributed by atoms with Crippen LogP contribution in [-0.4, -0.2) is 39.9 Å². The molecule has 0 atom stereocenters. The average molecular weight is 334 g/mol. The largest absolute Gasteiger partial charge is 0.481 e. The summed E-state index contributed by atoms with van der Waals surface area (Å²) in [4.78, 5) is 36.1. The average Bonchev–Trinajstić information content (AvgIpc) is 2.46. The Hall–Kier alpha value is -2.44. The number of hydrogen-bond acceptors (Lipinski definition) is 4. The van der Waals surface area contributed by atoms with Gasteiger partial charge in [-0.2, -0.15) is 0 Å². The first-order valence-corrected chi connectivity index (χ1v) is 7.98. The summed E-state index contributed by atoms with van der Waals surface area (Å²) in [5.74, 6) is -0.941. The second kappa shape index (κ2) is 6.98. The molecule has 1 aliphatic rings. The molecule has 0 saturated carbocycles. The van der Waals surface area contributed by atoms with Crippen molar-refractivity contribution < 1.29 is 19.6 Å². The Bertz CT molecular complexity index is 691. The Morgan fingerprint density at radius 2 is 1.83 bits per heavy atom. The van der Waals surface area contributed by atoms with Gasteiger partial charge in [0, 0.05) is 30.6 Å². The lowest BCUT2D eigenvalue weighted by atomic mass is 9.91. The predicted molar refractivity (Wildman–Crippen MR) is 88.2 cm³/mol. The molecule has 1 aliphatic heterocycles. The number of aliphatic carboxylic acids is 1. The zero-order valence-electron chi connectivity index (χ0n) is 14.2. The number of carbonyl (C=O) groups is 2. The van der Waals surface area contributed by atoms with Crippen LogP contribution in [0.25, 0.3) is 0 Å². The first-order valence-electron chi connectivity index (χ1n) is 7.98. The Labute approximate surface area is 140 Å². The van der Waals surface area contributed by atoms with Crippen LogP contribution in [-0.2, 0) is 4.79 Å². The first-order chi connectivity index (χ1) is 11.2. The summed E-state index contributed by atoms with van der Waals surface area (Å²) in [7, 11) is 0. The van der Waals surface area contributed by atoms with Crippen LogP contribution in [0.5, 0.6) is 0 Å². The second-order valence-corrected chi connectivity index (χ2v) is 6.45. The van der Waals surface area contributed by atoms with Crippen molar-refractivity contribution >= 4 is 17.6 Å². The lowest BCUT2D eigenvalue weighted by Gasteiger charge is -2.32. The zero-order valence-corrected chi connectivity index (χ0v) is 14.2. The molecule has 1 saturated heterocycles. The molecule has 0 spiro atoms. The SMILES string of the molecule is Cc1cc(C)c([N+](=O)[O-])c(C)c1C(=O)N1CCC(CC(=O)O)CC1. The molecule has 0 unspecified atom stereocenters. The number of rotatable bonds is 4. The number of nitro groups is 1. The van der Waals surface area contributed by atoms with Gasteiger partial charge in [-0.05, 0) is 51.2 Å². The van der Waals surface area contributed by atoms with E-state index in [0.29, 0.717) is 42.6 Å². The quantitative estimate of drug-likeness (QED) is 0.674. The normalized spacial score (nSPS) is 15.4. The molecule has 0 aliphatic carbocycles. The van der Waals surface area contributed by atoms with Crippen molar-refractivity contribution in [1.82, 2.24) is 4.90 Å². The molecule has 1 aromatic carbocycles. The minimum absolute atomic E-state index is 0.00952. The van der Waals surface area contributed by atoms with E-state index in [9.17, 15) is 19.7 Å². The summed E-state index contributed by atoms with van der Waals surface area (Å²) in [6.45, 7) is 6.04. The van der Waals surface area contributed by atoms with E-state index < -0.39 is 10.9 Å². The second-order valence-electron chi connectivity index (χ2n) is 6.45. The van der Waals surface area contributed by atoms with Gasteiger partial charge in [0.15, 0.2) is 0 Å². The number of hydrogen-bond donors (Lipinski definition) is 1. The number of likely N-dealkylation sites (tertiary alicyclic amines) is 1. The maximum absolute atomic E-state index is 12.8. The molecule has 0 bridgehead atoms. The first kappa shape index (κ1) is 17.9. The van der Waals surface area contributed by atoms with Crippen LogP contribution in [0.4, 0.5) is 5.69 Å². The lowest BCUT2D eigenvalue weighted by Crippen LogP contribution is -2.39. The molecule has 1 amide bonds. The number of nitrogens with zero attached hydrogens (tertiary/aromatic N) is 2. The van der Waals surface area contributed by atoms with Crippen molar-refractivity contribution in [3.63, 3.8) is 0 Å². The number of nitro benzene ring substituents is 1. The zero-order chi connectivity index (χ0) is 18.0. The van der Waals surface area contributed by atoms with Gasteiger partial charge in [0.2, 0.25) is 0 Å². The van der Waals surface area contributed by atoms with E-state index in [-0.39, 0.29) is 23.9 Å². The van der Waals surface area contributed by atoms with Crippen LogP contribution in [0.1, 0.15) is 46.3 Å². The van der Waals surface area contributed by atoms with E-state index in [1.165, 1.54) is 0 Å². The number of benzene rings is 1. The highest BCUT2D eigenvalue weighted by Crippen LogP contribution is 2.31. The summed E-state index contributed by atoms with van der Waals surface area (Å²) < 4.78 is 0. The maximum atomic E-state index is 12.8. The van der Waals surface area contributed by atoms with Gasteiger partial charge >= 0.3 is 5.97 Å². The fourth-order valence-corrected chi connectivity index (χ4v) is 3.53. The van der Waals surface area contributed by atoms with Gasteiger partial charge in [0.1, 0.15) is 0 Å². The van der Waals surface area contributed by atoms with Crippen LogP contribution in [0.3, 0.4) is 0 Å². The van der Waals surface area contributed by atoms with E-state index >= 15 is 0 Å². The number of amides is 1. The Balaban J connectivity index is 2.24. The van der Waals surface area contributed by atoms with E-state index in [1.54, 1.807) is 31.7 Å². The number of piperidine rings is 1.